The van der Waals surface area contributed by atoms with Gasteiger partial charge in [0, 0.05) is 37.7 Å². The molecule has 0 spiro atoms. The molecule has 3 amide bonds. The van der Waals surface area contributed by atoms with E-state index in [1.807, 2.05) is 67.2 Å². The van der Waals surface area contributed by atoms with E-state index in [4.69, 9.17) is 0 Å². The zero-order valence-corrected chi connectivity index (χ0v) is 17.0. The van der Waals surface area contributed by atoms with Crippen molar-refractivity contribution < 1.29 is 9.59 Å². The molecule has 0 unspecified atom stereocenters. The van der Waals surface area contributed by atoms with Crippen LogP contribution in [-0.4, -0.2) is 40.4 Å². The molecule has 0 bridgehead atoms. The Morgan fingerprint density at radius 1 is 1.10 bits per heavy atom. The SMILES string of the molecule is Cc1cccc(NC(=O)N[C@@H]2N=C(c3nccn3C)c3ccccc3N(C)C2=O)c1. The third-order valence-corrected chi connectivity index (χ3v) is 4.92. The Labute approximate surface area is 174 Å². The van der Waals surface area contributed by atoms with Crippen molar-refractivity contribution >= 4 is 29.0 Å². The number of benzene rings is 2. The van der Waals surface area contributed by atoms with Gasteiger partial charge in [-0.2, -0.15) is 0 Å². The van der Waals surface area contributed by atoms with Crippen LogP contribution in [0.4, 0.5) is 16.2 Å². The first-order valence-electron chi connectivity index (χ1n) is 9.50. The number of aromatic nitrogens is 2. The van der Waals surface area contributed by atoms with Crippen LogP contribution in [0.2, 0.25) is 0 Å². The Morgan fingerprint density at radius 3 is 2.63 bits per heavy atom. The van der Waals surface area contributed by atoms with Gasteiger partial charge in [0.2, 0.25) is 6.17 Å². The molecule has 1 aliphatic rings. The standard InChI is InChI=1S/C22H22N6O2/c1-14-7-6-8-15(13-14)24-22(30)26-19-21(29)28(3)17-10-5-4-9-16(17)18(25-19)20-23-11-12-27(20)2/h4-13,19H,1-3H3,(H2,24,26,30)/t19-/m0/s1. The van der Waals surface area contributed by atoms with Crippen LogP contribution in [0.5, 0.6) is 0 Å². The largest absolute Gasteiger partial charge is 0.333 e. The number of fused-ring (bicyclic) bond motifs is 1. The van der Waals surface area contributed by atoms with E-state index >= 15 is 0 Å². The monoisotopic (exact) mass is 402 g/mol. The predicted molar refractivity (Wildman–Crippen MR) is 116 cm³/mol. The van der Waals surface area contributed by atoms with Gasteiger partial charge in [0.15, 0.2) is 5.82 Å². The molecule has 0 saturated heterocycles. The van der Waals surface area contributed by atoms with Crippen LogP contribution in [0.3, 0.4) is 0 Å². The summed E-state index contributed by atoms with van der Waals surface area (Å²) >= 11 is 0. The summed E-state index contributed by atoms with van der Waals surface area (Å²) in [6.45, 7) is 1.94. The lowest BCUT2D eigenvalue weighted by molar-refractivity contribution is -0.119. The fourth-order valence-electron chi connectivity index (χ4n) is 3.40. The number of hydrogen-bond donors (Lipinski definition) is 2. The molecule has 8 heteroatoms. The van der Waals surface area contributed by atoms with E-state index in [1.165, 1.54) is 4.90 Å². The number of rotatable bonds is 3. The Kier molecular flexibility index (Phi) is 5.05. The zero-order valence-electron chi connectivity index (χ0n) is 17.0. The van der Waals surface area contributed by atoms with E-state index in [9.17, 15) is 9.59 Å². The number of para-hydroxylation sites is 1. The molecule has 1 atom stereocenters. The molecule has 1 aromatic heterocycles. The van der Waals surface area contributed by atoms with Gasteiger partial charge in [0.05, 0.1) is 5.69 Å². The molecule has 0 aliphatic carbocycles. The third kappa shape index (κ3) is 3.67. The fourth-order valence-corrected chi connectivity index (χ4v) is 3.40. The number of likely N-dealkylation sites (N-methyl/N-ethyl adjacent to an activating group) is 1. The van der Waals surface area contributed by atoms with Crippen LogP contribution in [0.15, 0.2) is 65.9 Å². The second-order valence-electron chi connectivity index (χ2n) is 7.12. The summed E-state index contributed by atoms with van der Waals surface area (Å²) in [6.07, 6.45) is 2.38. The number of nitrogens with one attached hydrogen (secondary N) is 2. The summed E-state index contributed by atoms with van der Waals surface area (Å²) < 4.78 is 1.83. The summed E-state index contributed by atoms with van der Waals surface area (Å²) in [5, 5.41) is 5.44. The maximum Gasteiger partial charge on any atom is 0.321 e. The van der Waals surface area contributed by atoms with Crippen molar-refractivity contribution in [3.8, 4) is 0 Å². The molecule has 152 valence electrons. The smallest absolute Gasteiger partial charge is 0.321 e. The van der Waals surface area contributed by atoms with Crippen molar-refractivity contribution in [3.05, 3.63) is 77.9 Å². The van der Waals surface area contributed by atoms with E-state index in [-0.39, 0.29) is 5.91 Å². The quantitative estimate of drug-likeness (QED) is 0.706. The zero-order chi connectivity index (χ0) is 21.3. The molecule has 3 aromatic rings. The van der Waals surface area contributed by atoms with Gasteiger partial charge in [0.25, 0.3) is 5.91 Å². The molecule has 30 heavy (non-hydrogen) atoms. The van der Waals surface area contributed by atoms with Crippen molar-refractivity contribution in [2.24, 2.45) is 12.0 Å². The van der Waals surface area contributed by atoms with Crippen LogP contribution < -0.4 is 15.5 Å². The Morgan fingerprint density at radius 2 is 1.90 bits per heavy atom. The number of benzodiazepines with no additional fused rings is 1. The second kappa shape index (κ2) is 7.82. The molecular formula is C22H22N6O2. The number of imidazole rings is 1. The number of carbonyl (C=O) groups excluding carboxylic acids is 2. The topological polar surface area (TPSA) is 91.6 Å². The molecule has 2 heterocycles. The number of carbonyl (C=O) groups is 2. The summed E-state index contributed by atoms with van der Waals surface area (Å²) in [6, 6.07) is 14.4. The predicted octanol–water partition coefficient (Wildman–Crippen LogP) is 2.69. The van der Waals surface area contributed by atoms with E-state index in [1.54, 1.807) is 19.3 Å². The van der Waals surface area contributed by atoms with Crippen molar-refractivity contribution in [2.45, 2.75) is 13.1 Å². The Bertz CT molecular complexity index is 1150. The van der Waals surface area contributed by atoms with Crippen LogP contribution in [0.25, 0.3) is 0 Å². The van der Waals surface area contributed by atoms with Gasteiger partial charge in [-0.1, -0.05) is 30.3 Å². The van der Waals surface area contributed by atoms with Crippen molar-refractivity contribution in [1.82, 2.24) is 14.9 Å². The highest BCUT2D eigenvalue weighted by molar-refractivity contribution is 6.19. The number of hydrogen-bond acceptors (Lipinski definition) is 4. The fraction of sp³-hybridized carbons (Fsp3) is 0.182. The average molecular weight is 402 g/mol. The highest BCUT2D eigenvalue weighted by Crippen LogP contribution is 2.26. The number of nitrogens with zero attached hydrogens (tertiary/aromatic N) is 4. The molecule has 2 N–H and O–H groups in total. The third-order valence-electron chi connectivity index (χ3n) is 4.92. The second-order valence-corrected chi connectivity index (χ2v) is 7.12. The van der Waals surface area contributed by atoms with Gasteiger partial charge >= 0.3 is 6.03 Å². The number of amides is 3. The average Bonchev–Trinajstić information content (AvgIpc) is 3.12. The Balaban J connectivity index is 1.70. The first-order valence-corrected chi connectivity index (χ1v) is 9.50. The van der Waals surface area contributed by atoms with Crippen LogP contribution in [0, 0.1) is 6.92 Å². The van der Waals surface area contributed by atoms with Gasteiger partial charge in [-0.3, -0.25) is 4.79 Å². The molecule has 0 fully saturated rings. The number of anilines is 2. The summed E-state index contributed by atoms with van der Waals surface area (Å²) in [5.41, 5.74) is 3.66. The number of urea groups is 1. The van der Waals surface area contributed by atoms with Crippen molar-refractivity contribution in [2.75, 3.05) is 17.3 Å². The van der Waals surface area contributed by atoms with E-state index < -0.39 is 12.2 Å². The highest BCUT2D eigenvalue weighted by atomic mass is 16.2. The van der Waals surface area contributed by atoms with Gasteiger partial charge in [-0.25, -0.2) is 14.8 Å². The van der Waals surface area contributed by atoms with E-state index in [0.29, 0.717) is 22.9 Å². The lowest BCUT2D eigenvalue weighted by atomic mass is 10.1. The lowest BCUT2D eigenvalue weighted by Crippen LogP contribution is -2.47. The Hall–Kier alpha value is -3.94. The maximum atomic E-state index is 13.1. The maximum absolute atomic E-state index is 13.1. The first kappa shape index (κ1) is 19.4. The van der Waals surface area contributed by atoms with Crippen molar-refractivity contribution in [1.29, 1.82) is 0 Å². The number of aryl methyl sites for hydroxylation is 2. The van der Waals surface area contributed by atoms with Crippen LogP contribution in [-0.2, 0) is 11.8 Å². The van der Waals surface area contributed by atoms with Gasteiger partial charge < -0.3 is 20.1 Å². The van der Waals surface area contributed by atoms with Gasteiger partial charge in [-0.15, -0.1) is 0 Å². The molecular weight excluding hydrogens is 380 g/mol. The summed E-state index contributed by atoms with van der Waals surface area (Å²) in [5.74, 6) is 0.266. The molecule has 1 aliphatic heterocycles. The molecule has 8 nitrogen and oxygen atoms in total. The summed E-state index contributed by atoms with van der Waals surface area (Å²) in [7, 11) is 3.53. The minimum Gasteiger partial charge on any atom is -0.333 e. The number of aliphatic imine (C=N–C) groups is 1. The van der Waals surface area contributed by atoms with Crippen LogP contribution >= 0.6 is 0 Å². The minimum atomic E-state index is -1.10. The van der Waals surface area contributed by atoms with Gasteiger partial charge in [-0.05, 0) is 30.7 Å². The molecule has 0 radical (unpaired) electrons. The van der Waals surface area contributed by atoms with E-state index in [0.717, 1.165) is 11.1 Å². The van der Waals surface area contributed by atoms with Gasteiger partial charge in [0.1, 0.15) is 5.71 Å². The van der Waals surface area contributed by atoms with E-state index in [2.05, 4.69) is 20.6 Å². The highest BCUT2D eigenvalue weighted by Gasteiger charge is 2.32. The first-order chi connectivity index (χ1) is 14.4. The normalized spacial score (nSPS) is 15.8. The molecule has 2 aromatic carbocycles. The van der Waals surface area contributed by atoms with Crippen molar-refractivity contribution in [3.63, 3.8) is 0 Å². The minimum absolute atomic E-state index is 0.342. The molecule has 0 saturated carbocycles. The molecule has 4 rings (SSSR count). The van der Waals surface area contributed by atoms with Crippen LogP contribution in [0.1, 0.15) is 17.0 Å². The summed E-state index contributed by atoms with van der Waals surface area (Å²) in [4.78, 5) is 36.2. The lowest BCUT2D eigenvalue weighted by Gasteiger charge is -2.21.